The molecule has 0 aliphatic carbocycles. The number of urea groups is 1. The van der Waals surface area contributed by atoms with Crippen molar-refractivity contribution in [3.63, 3.8) is 0 Å². The quantitative estimate of drug-likeness (QED) is 0.323. The van der Waals surface area contributed by atoms with Crippen molar-refractivity contribution < 1.29 is 19.1 Å². The third-order valence-electron chi connectivity index (χ3n) is 8.73. The SMILES string of the molecule is COc1ccccc1N1CCN2c3ccccc3CC3(C(=O)N(c4ccccc4)C(=O)N(c4ccccc4)C3=O)[C@@H]2C1. The Kier molecular flexibility index (Phi) is 6.19. The lowest BCUT2D eigenvalue weighted by Crippen LogP contribution is -2.76. The second-order valence-corrected chi connectivity index (χ2v) is 10.8. The first-order chi connectivity index (χ1) is 20.5. The normalized spacial score (nSPS) is 19.5. The number of ether oxygens (including phenoxy) is 1. The Morgan fingerprint density at radius 1 is 0.667 bits per heavy atom. The van der Waals surface area contributed by atoms with Crippen molar-refractivity contribution in [2.75, 3.05) is 46.3 Å². The fourth-order valence-electron chi connectivity index (χ4n) is 6.77. The molecule has 4 amide bonds. The number of amides is 4. The molecule has 8 heteroatoms. The summed E-state index contributed by atoms with van der Waals surface area (Å²) in [5.41, 5.74) is 2.14. The highest BCUT2D eigenvalue weighted by Gasteiger charge is 2.65. The van der Waals surface area contributed by atoms with E-state index in [4.69, 9.17) is 4.74 Å². The summed E-state index contributed by atoms with van der Waals surface area (Å²) in [7, 11) is 1.64. The number of rotatable bonds is 4. The minimum Gasteiger partial charge on any atom is -0.495 e. The van der Waals surface area contributed by atoms with Crippen LogP contribution in [-0.4, -0.2) is 50.6 Å². The molecule has 8 nitrogen and oxygen atoms in total. The summed E-state index contributed by atoms with van der Waals surface area (Å²) >= 11 is 0. The van der Waals surface area contributed by atoms with Crippen LogP contribution in [0.1, 0.15) is 5.56 Å². The van der Waals surface area contributed by atoms with E-state index >= 15 is 0 Å². The minimum atomic E-state index is -1.56. The predicted molar refractivity (Wildman–Crippen MR) is 162 cm³/mol. The molecule has 0 radical (unpaired) electrons. The van der Waals surface area contributed by atoms with E-state index in [1.165, 1.54) is 9.80 Å². The number of nitrogens with zero attached hydrogens (tertiary/aromatic N) is 4. The molecule has 4 aromatic rings. The van der Waals surface area contributed by atoms with E-state index < -0.39 is 29.3 Å². The first-order valence-electron chi connectivity index (χ1n) is 14.1. The van der Waals surface area contributed by atoms with Crippen LogP contribution in [0, 0.1) is 5.41 Å². The van der Waals surface area contributed by atoms with Gasteiger partial charge in [0.1, 0.15) is 5.75 Å². The smallest absolute Gasteiger partial charge is 0.342 e. The molecule has 7 rings (SSSR count). The van der Waals surface area contributed by atoms with Crippen molar-refractivity contribution in [3.05, 3.63) is 115 Å². The Morgan fingerprint density at radius 2 is 1.21 bits per heavy atom. The number of benzene rings is 4. The molecule has 4 aromatic carbocycles. The number of fused-ring (bicyclic) bond motifs is 4. The van der Waals surface area contributed by atoms with Gasteiger partial charge < -0.3 is 14.5 Å². The highest BCUT2D eigenvalue weighted by atomic mass is 16.5. The molecule has 2 saturated heterocycles. The summed E-state index contributed by atoms with van der Waals surface area (Å²) in [6.07, 6.45) is 0.182. The van der Waals surface area contributed by atoms with Gasteiger partial charge in [-0.15, -0.1) is 0 Å². The van der Waals surface area contributed by atoms with Gasteiger partial charge in [-0.2, -0.15) is 0 Å². The van der Waals surface area contributed by atoms with Crippen molar-refractivity contribution in [3.8, 4) is 5.75 Å². The lowest BCUT2D eigenvalue weighted by molar-refractivity contribution is -0.143. The average Bonchev–Trinajstić information content (AvgIpc) is 3.04. The Bertz CT molecular complexity index is 1610. The average molecular weight is 559 g/mol. The highest BCUT2D eigenvalue weighted by Crippen LogP contribution is 2.49. The Morgan fingerprint density at radius 3 is 1.83 bits per heavy atom. The molecule has 0 aromatic heterocycles. The molecular formula is C34H30N4O4. The van der Waals surface area contributed by atoms with Gasteiger partial charge >= 0.3 is 6.03 Å². The maximum Gasteiger partial charge on any atom is 0.342 e. The topological polar surface area (TPSA) is 73.4 Å². The number of anilines is 4. The number of hydrogen-bond donors (Lipinski definition) is 0. The van der Waals surface area contributed by atoms with E-state index in [1.54, 1.807) is 55.6 Å². The molecule has 3 aliphatic rings. The van der Waals surface area contributed by atoms with Crippen LogP contribution in [0.4, 0.5) is 27.5 Å². The summed E-state index contributed by atoms with van der Waals surface area (Å²) in [4.78, 5) is 50.7. The van der Waals surface area contributed by atoms with Crippen LogP contribution in [-0.2, 0) is 16.0 Å². The first kappa shape index (κ1) is 25.8. The number of carbonyl (C=O) groups is 3. The van der Waals surface area contributed by atoms with Crippen LogP contribution >= 0.6 is 0 Å². The number of piperazine rings is 1. The zero-order valence-electron chi connectivity index (χ0n) is 23.2. The highest BCUT2D eigenvalue weighted by molar-refractivity contribution is 6.39. The number of carbonyl (C=O) groups excluding carboxylic acids is 3. The number of hydrogen-bond acceptors (Lipinski definition) is 6. The Hall–Kier alpha value is -5.11. The molecule has 3 heterocycles. The Balaban J connectivity index is 1.43. The maximum absolute atomic E-state index is 14.9. The van der Waals surface area contributed by atoms with Crippen LogP contribution in [0.5, 0.6) is 5.75 Å². The Labute approximate surface area is 244 Å². The summed E-state index contributed by atoms with van der Waals surface area (Å²) in [6.45, 7) is 1.66. The van der Waals surface area contributed by atoms with Crippen LogP contribution in [0.2, 0.25) is 0 Å². The van der Waals surface area contributed by atoms with Gasteiger partial charge in [0, 0.05) is 25.3 Å². The molecular weight excluding hydrogens is 528 g/mol. The molecule has 0 bridgehead atoms. The van der Waals surface area contributed by atoms with Crippen LogP contribution in [0.15, 0.2) is 109 Å². The first-order valence-corrected chi connectivity index (χ1v) is 14.1. The number of methoxy groups -OCH3 is 1. The predicted octanol–water partition coefficient (Wildman–Crippen LogP) is 5.13. The molecule has 1 spiro atoms. The van der Waals surface area contributed by atoms with Crippen molar-refractivity contribution in [1.29, 1.82) is 0 Å². The summed E-state index contributed by atoms with van der Waals surface area (Å²) in [6, 6.07) is 32.3. The molecule has 42 heavy (non-hydrogen) atoms. The van der Waals surface area contributed by atoms with E-state index in [1.807, 2.05) is 54.6 Å². The standard InChI is InChI=1S/C34H30N4O4/c1-42-29-19-11-10-18-28(29)35-20-21-36-27-17-9-8-12-24(27)22-34(30(36)23-35)31(39)37(25-13-4-2-5-14-25)33(41)38(32(34)40)26-15-6-3-7-16-26/h2-19,30H,20-23H2,1H3/t30-/m0/s1. The van der Waals surface area contributed by atoms with Gasteiger partial charge in [-0.25, -0.2) is 14.6 Å². The fraction of sp³-hybridized carbons (Fsp3) is 0.206. The zero-order chi connectivity index (χ0) is 28.8. The van der Waals surface area contributed by atoms with Crippen LogP contribution in [0.25, 0.3) is 0 Å². The van der Waals surface area contributed by atoms with Crippen LogP contribution in [0.3, 0.4) is 0 Å². The summed E-state index contributed by atoms with van der Waals surface area (Å²) < 4.78 is 5.68. The van der Waals surface area contributed by atoms with E-state index in [0.717, 1.165) is 22.7 Å². The number of barbiturate groups is 1. The van der Waals surface area contributed by atoms with E-state index in [9.17, 15) is 14.4 Å². The van der Waals surface area contributed by atoms with Gasteiger partial charge in [0.05, 0.1) is 30.2 Å². The van der Waals surface area contributed by atoms with Crippen molar-refractivity contribution in [1.82, 2.24) is 0 Å². The van der Waals surface area contributed by atoms with E-state index in [2.05, 4.69) is 15.9 Å². The second kappa shape index (κ2) is 10.1. The van der Waals surface area contributed by atoms with Gasteiger partial charge in [-0.1, -0.05) is 66.7 Å². The third-order valence-corrected chi connectivity index (χ3v) is 8.73. The molecule has 210 valence electrons. The monoisotopic (exact) mass is 558 g/mol. The van der Waals surface area contributed by atoms with Crippen molar-refractivity contribution in [2.45, 2.75) is 12.5 Å². The number of imide groups is 2. The molecule has 1 atom stereocenters. The molecule has 3 aliphatic heterocycles. The molecule has 2 fully saturated rings. The van der Waals surface area contributed by atoms with Gasteiger partial charge in [0.2, 0.25) is 0 Å². The van der Waals surface area contributed by atoms with Gasteiger partial charge in [0.25, 0.3) is 11.8 Å². The largest absolute Gasteiger partial charge is 0.495 e. The summed E-state index contributed by atoms with van der Waals surface area (Å²) in [5, 5.41) is 0. The second-order valence-electron chi connectivity index (χ2n) is 10.8. The maximum atomic E-state index is 14.9. The minimum absolute atomic E-state index is 0.182. The van der Waals surface area contributed by atoms with Gasteiger partial charge in [-0.3, -0.25) is 9.59 Å². The lowest BCUT2D eigenvalue weighted by atomic mass is 9.67. The third kappa shape index (κ3) is 3.79. The van der Waals surface area contributed by atoms with E-state index in [0.29, 0.717) is 31.0 Å². The number of para-hydroxylation sites is 5. The fourth-order valence-corrected chi connectivity index (χ4v) is 6.77. The zero-order valence-corrected chi connectivity index (χ0v) is 23.2. The van der Waals surface area contributed by atoms with Gasteiger partial charge in [0.15, 0.2) is 5.41 Å². The molecule has 0 saturated carbocycles. The van der Waals surface area contributed by atoms with Crippen LogP contribution < -0.4 is 24.3 Å². The van der Waals surface area contributed by atoms with Crippen molar-refractivity contribution in [2.24, 2.45) is 5.41 Å². The van der Waals surface area contributed by atoms with E-state index in [-0.39, 0.29) is 6.42 Å². The van der Waals surface area contributed by atoms with Gasteiger partial charge in [-0.05, 0) is 54.4 Å². The lowest BCUT2D eigenvalue weighted by Gasteiger charge is -2.57. The van der Waals surface area contributed by atoms with Crippen molar-refractivity contribution >= 4 is 40.6 Å². The molecule has 0 N–H and O–H groups in total. The molecule has 0 unspecified atom stereocenters. The summed E-state index contributed by atoms with van der Waals surface area (Å²) in [5.74, 6) is -0.269.